The predicted molar refractivity (Wildman–Crippen MR) is 120 cm³/mol. The lowest BCUT2D eigenvalue weighted by Gasteiger charge is -2.13. The van der Waals surface area contributed by atoms with Gasteiger partial charge in [0.2, 0.25) is 17.5 Å². The van der Waals surface area contributed by atoms with E-state index in [1.165, 1.54) is 0 Å². The van der Waals surface area contributed by atoms with Crippen molar-refractivity contribution in [2.45, 2.75) is 38.6 Å². The van der Waals surface area contributed by atoms with Crippen LogP contribution >= 0.6 is 11.6 Å². The van der Waals surface area contributed by atoms with E-state index in [-0.39, 0.29) is 23.5 Å². The van der Waals surface area contributed by atoms with Gasteiger partial charge in [-0.2, -0.15) is 10.1 Å². The minimum Gasteiger partial charge on any atom is -0.348 e. The van der Waals surface area contributed by atoms with Crippen molar-refractivity contribution in [2.24, 2.45) is 0 Å². The van der Waals surface area contributed by atoms with Crippen molar-refractivity contribution in [1.82, 2.24) is 25.5 Å². The molecule has 1 saturated carbocycles. The Balaban J connectivity index is 1.77. The third kappa shape index (κ3) is 4.78. The highest BCUT2D eigenvalue weighted by atomic mass is 35.5. The van der Waals surface area contributed by atoms with Crippen LogP contribution in [0, 0.1) is 10.1 Å². The highest BCUT2D eigenvalue weighted by molar-refractivity contribution is 6.33. The van der Waals surface area contributed by atoms with Crippen LogP contribution in [0.15, 0.2) is 30.3 Å². The Kier molecular flexibility index (Phi) is 5.91. The van der Waals surface area contributed by atoms with Crippen LogP contribution in [-0.2, 0) is 0 Å². The van der Waals surface area contributed by atoms with Crippen molar-refractivity contribution in [2.75, 3.05) is 10.6 Å². The summed E-state index contributed by atoms with van der Waals surface area (Å²) in [6.45, 7) is 3.49. The van der Waals surface area contributed by atoms with Crippen molar-refractivity contribution in [3.05, 3.63) is 56.9 Å². The van der Waals surface area contributed by atoms with Crippen molar-refractivity contribution in [3.8, 4) is 0 Å². The van der Waals surface area contributed by atoms with E-state index in [4.69, 9.17) is 11.6 Å². The van der Waals surface area contributed by atoms with Crippen LogP contribution in [-0.4, -0.2) is 37.0 Å². The van der Waals surface area contributed by atoms with E-state index < -0.39 is 16.5 Å². The zero-order valence-corrected chi connectivity index (χ0v) is 18.1. The van der Waals surface area contributed by atoms with E-state index in [0.717, 1.165) is 18.5 Å². The van der Waals surface area contributed by atoms with E-state index in [1.54, 1.807) is 44.2 Å². The van der Waals surface area contributed by atoms with E-state index in [2.05, 4.69) is 36.1 Å². The molecular weight excluding hydrogens is 436 g/mol. The molecule has 11 nitrogen and oxygen atoms in total. The Morgan fingerprint density at radius 1 is 1.25 bits per heavy atom. The summed E-state index contributed by atoms with van der Waals surface area (Å²) in [6.07, 6.45) is 2.12. The molecule has 1 amide bonds. The maximum Gasteiger partial charge on any atom is 0.343 e. The predicted octanol–water partition coefficient (Wildman–Crippen LogP) is 4.26. The third-order valence-corrected chi connectivity index (χ3v) is 5.00. The molecule has 0 saturated heterocycles. The number of H-pyrrole nitrogens is 1. The van der Waals surface area contributed by atoms with Crippen LogP contribution in [0.2, 0.25) is 5.02 Å². The summed E-state index contributed by atoms with van der Waals surface area (Å²) in [5.41, 5.74) is 0.436. The number of aromatic nitrogens is 4. The molecule has 2 aromatic heterocycles. The second-order valence-corrected chi connectivity index (χ2v) is 8.10. The third-order valence-electron chi connectivity index (χ3n) is 4.67. The summed E-state index contributed by atoms with van der Waals surface area (Å²) in [4.78, 5) is 32.4. The molecule has 3 aromatic rings. The van der Waals surface area contributed by atoms with Crippen LogP contribution in [0.4, 0.5) is 29.0 Å². The first-order valence-corrected chi connectivity index (χ1v) is 10.4. The summed E-state index contributed by atoms with van der Waals surface area (Å²) in [6, 6.07) is 8.42. The lowest BCUT2D eigenvalue weighted by Crippen LogP contribution is -2.31. The first-order chi connectivity index (χ1) is 15.3. The molecule has 0 aliphatic heterocycles. The molecule has 166 valence electrons. The van der Waals surface area contributed by atoms with Gasteiger partial charge in [0.1, 0.15) is 5.82 Å². The normalized spacial score (nSPS) is 13.1. The molecule has 0 bridgehead atoms. The molecule has 1 aliphatic carbocycles. The maximum atomic E-state index is 12.8. The number of nitrogens with one attached hydrogen (secondary N) is 4. The number of rotatable bonds is 8. The summed E-state index contributed by atoms with van der Waals surface area (Å²) < 4.78 is 0. The standard InChI is InChI=1S/C20H21ClN8O3/c1-10(2)22-19(30)16-17(29(31)32)18(24-15-9-14(27-28-15)11-7-8-11)26-20(25-16)23-13-6-4-3-5-12(13)21/h3-6,9-11H,7-8H2,1-2H3,(H,22,30)(H3,23,24,25,26,27,28). The van der Waals surface area contributed by atoms with Crippen LogP contribution < -0.4 is 16.0 Å². The number of aromatic amines is 1. The molecule has 4 N–H and O–H groups in total. The van der Waals surface area contributed by atoms with Gasteiger partial charge in [0.15, 0.2) is 0 Å². The number of nitrogens with zero attached hydrogens (tertiary/aromatic N) is 4. The van der Waals surface area contributed by atoms with Gasteiger partial charge in [-0.05, 0) is 38.8 Å². The van der Waals surface area contributed by atoms with Gasteiger partial charge < -0.3 is 16.0 Å². The Labute approximate surface area is 188 Å². The summed E-state index contributed by atoms with van der Waals surface area (Å²) in [5, 5.41) is 27.8. The molecule has 1 aliphatic rings. The van der Waals surface area contributed by atoms with Crippen molar-refractivity contribution in [1.29, 1.82) is 0 Å². The molecule has 2 heterocycles. The van der Waals surface area contributed by atoms with Crippen molar-refractivity contribution in [3.63, 3.8) is 0 Å². The second kappa shape index (κ2) is 8.79. The van der Waals surface area contributed by atoms with E-state index in [1.807, 2.05) is 0 Å². The number of carbonyl (C=O) groups excluding carboxylic acids is 1. The van der Waals surface area contributed by atoms with Crippen LogP contribution in [0.5, 0.6) is 0 Å². The van der Waals surface area contributed by atoms with Crippen molar-refractivity contribution < 1.29 is 9.72 Å². The molecule has 0 radical (unpaired) electrons. The Morgan fingerprint density at radius 3 is 2.66 bits per heavy atom. The number of hydrogen-bond donors (Lipinski definition) is 4. The lowest BCUT2D eigenvalue weighted by atomic mass is 10.2. The highest BCUT2D eigenvalue weighted by Crippen LogP contribution is 2.40. The van der Waals surface area contributed by atoms with E-state index in [0.29, 0.717) is 22.4 Å². The highest BCUT2D eigenvalue weighted by Gasteiger charge is 2.31. The fourth-order valence-electron chi connectivity index (χ4n) is 3.06. The SMILES string of the molecule is CC(C)NC(=O)c1nc(Nc2ccccc2Cl)nc(Nc2cc(C3CC3)n[nH]2)c1[N+](=O)[O-]. The average Bonchev–Trinajstić information content (AvgIpc) is 3.48. The fourth-order valence-corrected chi connectivity index (χ4v) is 3.24. The summed E-state index contributed by atoms with van der Waals surface area (Å²) in [7, 11) is 0. The number of halogens is 1. The van der Waals surface area contributed by atoms with Gasteiger partial charge in [-0.15, -0.1) is 0 Å². The molecule has 0 atom stereocenters. The lowest BCUT2D eigenvalue weighted by molar-refractivity contribution is -0.384. The Morgan fingerprint density at radius 2 is 2.00 bits per heavy atom. The van der Waals surface area contributed by atoms with E-state index in [9.17, 15) is 14.9 Å². The molecule has 1 fully saturated rings. The Hall–Kier alpha value is -3.73. The average molecular weight is 457 g/mol. The molecule has 0 spiro atoms. The quantitative estimate of drug-likeness (QED) is 0.290. The number of nitro groups is 1. The van der Waals surface area contributed by atoms with Gasteiger partial charge in [0.25, 0.3) is 5.91 Å². The van der Waals surface area contributed by atoms with E-state index >= 15 is 0 Å². The van der Waals surface area contributed by atoms with Crippen LogP contribution in [0.3, 0.4) is 0 Å². The summed E-state index contributed by atoms with van der Waals surface area (Å²) >= 11 is 6.20. The minimum atomic E-state index is -0.692. The number of amides is 1. The van der Waals surface area contributed by atoms with Crippen molar-refractivity contribution >= 4 is 46.5 Å². The van der Waals surface area contributed by atoms with Crippen LogP contribution in [0.25, 0.3) is 0 Å². The zero-order valence-electron chi connectivity index (χ0n) is 17.3. The first kappa shape index (κ1) is 21.5. The topological polar surface area (TPSA) is 151 Å². The first-order valence-electron chi connectivity index (χ1n) is 10.0. The van der Waals surface area contributed by atoms with Gasteiger partial charge in [-0.25, -0.2) is 4.98 Å². The number of carbonyl (C=O) groups is 1. The fraction of sp³-hybridized carbons (Fsp3) is 0.300. The number of hydrogen-bond acceptors (Lipinski definition) is 8. The molecular formula is C20H21ClN8O3. The second-order valence-electron chi connectivity index (χ2n) is 7.69. The Bertz CT molecular complexity index is 1180. The number of anilines is 4. The van der Waals surface area contributed by atoms with Gasteiger partial charge in [0.05, 0.1) is 21.3 Å². The molecule has 1 aromatic carbocycles. The molecule has 12 heteroatoms. The monoisotopic (exact) mass is 456 g/mol. The van der Waals surface area contributed by atoms with Gasteiger partial charge in [-0.3, -0.25) is 20.0 Å². The molecule has 4 rings (SSSR count). The minimum absolute atomic E-state index is 0.0259. The van der Waals surface area contributed by atoms with Crippen LogP contribution in [0.1, 0.15) is 48.8 Å². The zero-order chi connectivity index (χ0) is 22.8. The molecule has 32 heavy (non-hydrogen) atoms. The van der Waals surface area contributed by atoms with Gasteiger partial charge in [0, 0.05) is 18.0 Å². The van der Waals surface area contributed by atoms with Gasteiger partial charge >= 0.3 is 5.69 Å². The van der Waals surface area contributed by atoms with Gasteiger partial charge in [-0.1, -0.05) is 23.7 Å². The molecule has 0 unspecified atom stereocenters. The number of benzene rings is 1. The largest absolute Gasteiger partial charge is 0.348 e. The number of para-hydroxylation sites is 1. The summed E-state index contributed by atoms with van der Waals surface area (Å²) in [5.74, 6) is -0.0521. The smallest absolute Gasteiger partial charge is 0.343 e. The maximum absolute atomic E-state index is 12.8.